The summed E-state index contributed by atoms with van der Waals surface area (Å²) in [5.41, 5.74) is 2.77. The molecule has 0 fully saturated rings. The van der Waals surface area contributed by atoms with Crippen LogP contribution in [0.25, 0.3) is 10.6 Å². The van der Waals surface area contributed by atoms with E-state index >= 15 is 0 Å². The highest BCUT2D eigenvalue weighted by molar-refractivity contribution is 7.13. The maximum absolute atomic E-state index is 12.5. The fraction of sp³-hybridized carbons (Fsp3) is 0.300. The van der Waals surface area contributed by atoms with Crippen molar-refractivity contribution < 1.29 is 9.21 Å². The standard InChI is InChI=1S/C20H23N3O2S/c1-4-14-7-9-15(10-8-14)20-22-16(13-26-20)19(24)21-12-17(23(2)3)18-6-5-11-25-18/h5-11,13,17H,4,12H2,1-3H3,(H,21,24). The number of aryl methyl sites for hydroxylation is 1. The number of likely N-dealkylation sites (N-methyl/N-ethyl adjacent to an activating group) is 1. The number of aromatic nitrogens is 1. The van der Waals surface area contributed by atoms with Gasteiger partial charge in [0.15, 0.2) is 0 Å². The van der Waals surface area contributed by atoms with Crippen LogP contribution in [-0.2, 0) is 6.42 Å². The summed E-state index contributed by atoms with van der Waals surface area (Å²) in [5, 5.41) is 5.61. The van der Waals surface area contributed by atoms with Crippen LogP contribution in [0.3, 0.4) is 0 Å². The summed E-state index contributed by atoms with van der Waals surface area (Å²) >= 11 is 1.48. The average molecular weight is 369 g/mol. The number of thiazole rings is 1. The van der Waals surface area contributed by atoms with Crippen molar-refractivity contribution in [3.05, 3.63) is 65.1 Å². The molecule has 0 saturated heterocycles. The quantitative estimate of drug-likeness (QED) is 0.684. The largest absolute Gasteiger partial charge is 0.468 e. The highest BCUT2D eigenvalue weighted by Gasteiger charge is 2.19. The van der Waals surface area contributed by atoms with E-state index in [1.54, 1.807) is 11.6 Å². The maximum Gasteiger partial charge on any atom is 0.270 e. The molecule has 0 aliphatic carbocycles. The second-order valence-corrected chi connectivity index (χ2v) is 7.15. The monoisotopic (exact) mass is 369 g/mol. The van der Waals surface area contributed by atoms with Crippen LogP contribution in [0.1, 0.15) is 34.8 Å². The van der Waals surface area contributed by atoms with E-state index in [0.717, 1.165) is 22.8 Å². The first-order valence-electron chi connectivity index (χ1n) is 8.61. The molecule has 0 bridgehead atoms. The number of carbonyl (C=O) groups is 1. The number of furan rings is 1. The number of nitrogens with zero attached hydrogens (tertiary/aromatic N) is 2. The van der Waals surface area contributed by atoms with Gasteiger partial charge in [-0.1, -0.05) is 31.2 Å². The van der Waals surface area contributed by atoms with E-state index in [2.05, 4.69) is 41.5 Å². The summed E-state index contributed by atoms with van der Waals surface area (Å²) in [4.78, 5) is 19.0. The maximum atomic E-state index is 12.5. The molecule has 0 saturated carbocycles. The lowest BCUT2D eigenvalue weighted by molar-refractivity contribution is 0.0935. The van der Waals surface area contributed by atoms with Crippen molar-refractivity contribution in [2.45, 2.75) is 19.4 Å². The van der Waals surface area contributed by atoms with Crippen LogP contribution in [0, 0.1) is 0 Å². The van der Waals surface area contributed by atoms with Gasteiger partial charge in [0, 0.05) is 17.5 Å². The predicted octanol–water partition coefficient (Wildman–Crippen LogP) is 4.00. The van der Waals surface area contributed by atoms with Crippen molar-refractivity contribution >= 4 is 17.2 Å². The van der Waals surface area contributed by atoms with Crippen molar-refractivity contribution in [3.63, 3.8) is 0 Å². The Balaban J connectivity index is 1.66. The molecule has 2 heterocycles. The summed E-state index contributed by atoms with van der Waals surface area (Å²) in [6.45, 7) is 2.59. The molecule has 136 valence electrons. The Morgan fingerprint density at radius 3 is 2.65 bits per heavy atom. The lowest BCUT2D eigenvalue weighted by Crippen LogP contribution is -2.34. The molecule has 3 rings (SSSR count). The zero-order valence-electron chi connectivity index (χ0n) is 15.2. The van der Waals surface area contributed by atoms with E-state index in [9.17, 15) is 4.79 Å². The summed E-state index contributed by atoms with van der Waals surface area (Å²) in [7, 11) is 3.92. The third-order valence-electron chi connectivity index (χ3n) is 4.30. The Morgan fingerprint density at radius 1 is 1.27 bits per heavy atom. The Labute approximate surface area is 157 Å². The minimum absolute atomic E-state index is 0.0198. The zero-order valence-corrected chi connectivity index (χ0v) is 16.0. The van der Waals surface area contributed by atoms with E-state index in [1.165, 1.54) is 16.9 Å². The fourth-order valence-electron chi connectivity index (χ4n) is 2.69. The normalized spacial score (nSPS) is 12.3. The average Bonchev–Trinajstić information content (AvgIpc) is 3.34. The van der Waals surface area contributed by atoms with Crippen LogP contribution in [0.4, 0.5) is 0 Å². The minimum Gasteiger partial charge on any atom is -0.468 e. The SMILES string of the molecule is CCc1ccc(-c2nc(C(=O)NCC(c3ccco3)N(C)C)cs2)cc1. The number of amides is 1. The topological polar surface area (TPSA) is 58.4 Å². The van der Waals surface area contributed by atoms with Crippen LogP contribution in [0.2, 0.25) is 0 Å². The molecule has 1 atom stereocenters. The molecule has 0 aliphatic heterocycles. The van der Waals surface area contributed by atoms with Gasteiger partial charge in [0.1, 0.15) is 16.5 Å². The van der Waals surface area contributed by atoms with E-state index in [1.807, 2.05) is 31.1 Å². The Morgan fingerprint density at radius 2 is 2.04 bits per heavy atom. The van der Waals surface area contributed by atoms with Crippen molar-refractivity contribution in [2.24, 2.45) is 0 Å². The van der Waals surface area contributed by atoms with Gasteiger partial charge in [-0.2, -0.15) is 0 Å². The smallest absolute Gasteiger partial charge is 0.270 e. The molecule has 2 aromatic heterocycles. The summed E-state index contributed by atoms with van der Waals surface area (Å²) in [6, 6.07) is 12.1. The molecule has 6 heteroatoms. The molecule has 3 aromatic rings. The van der Waals surface area contributed by atoms with Crippen LogP contribution < -0.4 is 5.32 Å². The summed E-state index contributed by atoms with van der Waals surface area (Å²) < 4.78 is 5.47. The van der Waals surface area contributed by atoms with Gasteiger partial charge in [-0.3, -0.25) is 9.69 Å². The van der Waals surface area contributed by atoms with Gasteiger partial charge in [-0.05, 0) is 38.2 Å². The predicted molar refractivity (Wildman–Crippen MR) is 104 cm³/mol. The third kappa shape index (κ3) is 4.20. The van der Waals surface area contributed by atoms with Gasteiger partial charge < -0.3 is 9.73 Å². The minimum atomic E-state index is -0.170. The van der Waals surface area contributed by atoms with E-state index in [0.29, 0.717) is 12.2 Å². The number of hydrogen-bond donors (Lipinski definition) is 1. The Kier molecular flexibility index (Phi) is 5.85. The van der Waals surface area contributed by atoms with E-state index in [4.69, 9.17) is 4.42 Å². The molecule has 1 amide bonds. The molecule has 1 aromatic carbocycles. The van der Waals surface area contributed by atoms with Crippen LogP contribution in [0.5, 0.6) is 0 Å². The molecular formula is C20H23N3O2S. The molecule has 5 nitrogen and oxygen atoms in total. The fourth-order valence-corrected chi connectivity index (χ4v) is 3.50. The third-order valence-corrected chi connectivity index (χ3v) is 5.19. The molecule has 1 N–H and O–H groups in total. The number of rotatable bonds is 7. The zero-order chi connectivity index (χ0) is 18.5. The van der Waals surface area contributed by atoms with Crippen molar-refractivity contribution in [3.8, 4) is 10.6 Å². The van der Waals surface area contributed by atoms with E-state index < -0.39 is 0 Å². The summed E-state index contributed by atoms with van der Waals surface area (Å²) in [5.74, 6) is 0.654. The van der Waals surface area contributed by atoms with Gasteiger partial charge in [0.05, 0.1) is 12.3 Å². The Hall–Kier alpha value is -2.44. The highest BCUT2D eigenvalue weighted by atomic mass is 32.1. The van der Waals surface area contributed by atoms with E-state index in [-0.39, 0.29) is 11.9 Å². The van der Waals surface area contributed by atoms with Gasteiger partial charge in [-0.15, -0.1) is 11.3 Å². The van der Waals surface area contributed by atoms with Gasteiger partial charge >= 0.3 is 0 Å². The molecule has 0 aliphatic rings. The molecule has 0 spiro atoms. The van der Waals surface area contributed by atoms with Crippen LogP contribution >= 0.6 is 11.3 Å². The number of benzene rings is 1. The number of carbonyl (C=O) groups excluding carboxylic acids is 1. The lowest BCUT2D eigenvalue weighted by Gasteiger charge is -2.22. The summed E-state index contributed by atoms with van der Waals surface area (Å²) in [6.07, 6.45) is 2.65. The second kappa shape index (κ2) is 8.29. The number of hydrogen-bond acceptors (Lipinski definition) is 5. The van der Waals surface area contributed by atoms with Crippen molar-refractivity contribution in [1.82, 2.24) is 15.2 Å². The van der Waals surface area contributed by atoms with Crippen LogP contribution in [0.15, 0.2) is 52.5 Å². The highest BCUT2D eigenvalue weighted by Crippen LogP contribution is 2.24. The van der Waals surface area contributed by atoms with Crippen LogP contribution in [-0.4, -0.2) is 36.4 Å². The lowest BCUT2D eigenvalue weighted by atomic mass is 10.1. The number of nitrogens with one attached hydrogen (secondary N) is 1. The molecule has 0 radical (unpaired) electrons. The molecule has 26 heavy (non-hydrogen) atoms. The van der Waals surface area contributed by atoms with Crippen molar-refractivity contribution in [1.29, 1.82) is 0 Å². The second-order valence-electron chi connectivity index (χ2n) is 6.29. The van der Waals surface area contributed by atoms with Gasteiger partial charge in [0.2, 0.25) is 0 Å². The molecule has 1 unspecified atom stereocenters. The Bertz CT molecular complexity index is 838. The first-order chi connectivity index (χ1) is 12.6. The first kappa shape index (κ1) is 18.4. The first-order valence-corrected chi connectivity index (χ1v) is 9.49. The van der Waals surface area contributed by atoms with Gasteiger partial charge in [-0.25, -0.2) is 4.98 Å². The van der Waals surface area contributed by atoms with Gasteiger partial charge in [0.25, 0.3) is 5.91 Å². The van der Waals surface area contributed by atoms with Crippen molar-refractivity contribution in [2.75, 3.05) is 20.6 Å². The molecular weight excluding hydrogens is 346 g/mol.